The van der Waals surface area contributed by atoms with E-state index in [4.69, 9.17) is 14.2 Å². The van der Waals surface area contributed by atoms with Crippen LogP contribution in [0.5, 0.6) is 5.75 Å². The molecule has 2 aliphatic heterocycles. The maximum atomic E-state index is 5.96. The van der Waals surface area contributed by atoms with Crippen LogP contribution in [0.15, 0.2) is 22.7 Å². The van der Waals surface area contributed by atoms with Crippen molar-refractivity contribution in [1.82, 2.24) is 0 Å². The van der Waals surface area contributed by atoms with Crippen molar-refractivity contribution >= 4 is 15.9 Å². The first kappa shape index (κ1) is 13.1. The third kappa shape index (κ3) is 2.18. The molecule has 1 saturated carbocycles. The highest BCUT2D eigenvalue weighted by atomic mass is 79.9. The molecule has 0 radical (unpaired) electrons. The zero-order chi connectivity index (χ0) is 13.6. The Hall–Kier alpha value is -0.580. The van der Waals surface area contributed by atoms with Crippen molar-refractivity contribution in [2.24, 2.45) is 5.92 Å². The van der Waals surface area contributed by atoms with Gasteiger partial charge in [-0.05, 0) is 42.4 Å². The molecule has 0 bridgehead atoms. The second-order valence-corrected chi connectivity index (χ2v) is 6.95. The maximum Gasteiger partial charge on any atom is 0.168 e. The molecule has 1 saturated heterocycles. The summed E-state index contributed by atoms with van der Waals surface area (Å²) >= 11 is 3.53. The zero-order valence-electron chi connectivity index (χ0n) is 11.4. The number of hydrogen-bond donors (Lipinski definition) is 0. The zero-order valence-corrected chi connectivity index (χ0v) is 13.0. The first-order chi connectivity index (χ1) is 9.76. The minimum atomic E-state index is -0.291. The highest BCUT2D eigenvalue weighted by molar-refractivity contribution is 9.10. The van der Waals surface area contributed by atoms with Crippen LogP contribution in [0, 0.1) is 5.92 Å². The van der Waals surface area contributed by atoms with E-state index in [1.165, 1.54) is 5.56 Å². The summed E-state index contributed by atoms with van der Waals surface area (Å²) in [6.45, 7) is 2.29. The van der Waals surface area contributed by atoms with Gasteiger partial charge in [-0.25, -0.2) is 0 Å². The van der Waals surface area contributed by atoms with Gasteiger partial charge in [0.1, 0.15) is 5.75 Å². The van der Waals surface area contributed by atoms with Crippen molar-refractivity contribution in [3.05, 3.63) is 28.2 Å². The van der Waals surface area contributed by atoms with Crippen LogP contribution >= 0.6 is 15.9 Å². The molecule has 4 heteroatoms. The molecule has 3 nitrogen and oxygen atoms in total. The van der Waals surface area contributed by atoms with Gasteiger partial charge in [0.2, 0.25) is 0 Å². The Morgan fingerprint density at radius 3 is 2.80 bits per heavy atom. The van der Waals surface area contributed by atoms with Gasteiger partial charge in [0.25, 0.3) is 0 Å². The summed E-state index contributed by atoms with van der Waals surface area (Å²) < 4.78 is 18.9. The number of hydrogen-bond acceptors (Lipinski definition) is 3. The average Bonchev–Trinajstić information content (AvgIpc) is 2.80. The van der Waals surface area contributed by atoms with Gasteiger partial charge in [0.15, 0.2) is 5.79 Å². The second-order valence-electron chi connectivity index (χ2n) is 6.04. The summed E-state index contributed by atoms with van der Waals surface area (Å²) in [6, 6.07) is 6.44. The molecule has 20 heavy (non-hydrogen) atoms. The van der Waals surface area contributed by atoms with Crippen molar-refractivity contribution < 1.29 is 14.2 Å². The van der Waals surface area contributed by atoms with Gasteiger partial charge in [0, 0.05) is 17.3 Å². The lowest BCUT2D eigenvalue weighted by Gasteiger charge is -2.40. The minimum Gasteiger partial charge on any atom is -0.493 e. The molecule has 1 spiro atoms. The van der Waals surface area contributed by atoms with Crippen molar-refractivity contribution in [2.45, 2.75) is 37.4 Å². The van der Waals surface area contributed by atoms with Gasteiger partial charge in [-0.3, -0.25) is 0 Å². The smallest absolute Gasteiger partial charge is 0.168 e. The van der Waals surface area contributed by atoms with Crippen LogP contribution in [0.25, 0.3) is 0 Å². The fraction of sp³-hybridized carbons (Fsp3) is 0.625. The summed E-state index contributed by atoms with van der Waals surface area (Å²) in [4.78, 5) is 0. The number of benzene rings is 1. The molecule has 0 amide bonds. The number of ether oxygens (including phenoxy) is 3. The quantitative estimate of drug-likeness (QED) is 0.718. The predicted octanol–water partition coefficient (Wildman–Crippen LogP) is 3.86. The molecule has 1 aromatic carbocycles. The molecule has 2 heterocycles. The minimum absolute atomic E-state index is 0.291. The van der Waals surface area contributed by atoms with Gasteiger partial charge in [-0.2, -0.15) is 0 Å². The van der Waals surface area contributed by atoms with Crippen LogP contribution in [-0.4, -0.2) is 25.6 Å². The Balaban J connectivity index is 1.64. The fourth-order valence-corrected chi connectivity index (χ4v) is 4.33. The molecule has 3 aliphatic rings. The number of fused-ring (bicyclic) bond motifs is 3. The van der Waals surface area contributed by atoms with Crippen molar-refractivity contribution in [2.75, 3.05) is 19.8 Å². The van der Waals surface area contributed by atoms with E-state index in [-0.39, 0.29) is 5.79 Å². The lowest BCUT2D eigenvalue weighted by atomic mass is 9.72. The molecule has 2 atom stereocenters. The Bertz CT molecular complexity index is 510. The standard InChI is InChI=1S/C16H19BrO3/c17-12-1-2-14-13-3-5-16(19-7-8-20-16)10-11(13)4-6-18-15(14)9-12/h1-2,9,11,13H,3-8,10H2/t11-,13-/m0/s1. The third-order valence-corrected chi connectivity index (χ3v) is 5.41. The Kier molecular flexibility index (Phi) is 3.28. The molecule has 0 aromatic heterocycles. The molecular formula is C16H19BrO3. The van der Waals surface area contributed by atoms with Gasteiger partial charge >= 0.3 is 0 Å². The predicted molar refractivity (Wildman–Crippen MR) is 79.0 cm³/mol. The third-order valence-electron chi connectivity index (χ3n) is 4.91. The number of rotatable bonds is 0. The van der Waals surface area contributed by atoms with Crippen LogP contribution in [0.3, 0.4) is 0 Å². The van der Waals surface area contributed by atoms with Crippen LogP contribution < -0.4 is 4.74 Å². The lowest BCUT2D eigenvalue weighted by molar-refractivity contribution is -0.190. The molecule has 108 valence electrons. The van der Waals surface area contributed by atoms with Crippen molar-refractivity contribution in [3.8, 4) is 5.75 Å². The summed E-state index contributed by atoms with van der Waals surface area (Å²) in [5.41, 5.74) is 1.36. The first-order valence-corrected chi connectivity index (χ1v) is 8.25. The van der Waals surface area contributed by atoms with E-state index in [2.05, 4.69) is 34.1 Å². The molecule has 1 aliphatic carbocycles. The summed E-state index contributed by atoms with van der Waals surface area (Å²) in [6.07, 6.45) is 4.23. The lowest BCUT2D eigenvalue weighted by Crippen LogP contribution is -2.39. The SMILES string of the molecule is Brc1ccc2c(c1)OCC[C@H]1CC3(CC[C@H]21)OCCO3. The van der Waals surface area contributed by atoms with Gasteiger partial charge in [-0.1, -0.05) is 22.0 Å². The Morgan fingerprint density at radius 2 is 1.95 bits per heavy atom. The van der Waals surface area contributed by atoms with Crippen molar-refractivity contribution in [1.29, 1.82) is 0 Å². The Labute approximate surface area is 127 Å². The molecular weight excluding hydrogens is 320 g/mol. The van der Waals surface area contributed by atoms with Crippen LogP contribution in [0.1, 0.15) is 37.2 Å². The average molecular weight is 339 g/mol. The van der Waals surface area contributed by atoms with E-state index in [1.54, 1.807) is 0 Å². The molecule has 0 N–H and O–H groups in total. The van der Waals surface area contributed by atoms with E-state index in [9.17, 15) is 0 Å². The van der Waals surface area contributed by atoms with E-state index in [1.807, 2.05) is 0 Å². The van der Waals surface area contributed by atoms with Crippen LogP contribution in [-0.2, 0) is 9.47 Å². The first-order valence-electron chi connectivity index (χ1n) is 7.46. The monoisotopic (exact) mass is 338 g/mol. The topological polar surface area (TPSA) is 27.7 Å². The molecule has 4 rings (SSSR count). The maximum absolute atomic E-state index is 5.96. The van der Waals surface area contributed by atoms with Gasteiger partial charge in [-0.15, -0.1) is 0 Å². The van der Waals surface area contributed by atoms with Crippen molar-refractivity contribution in [3.63, 3.8) is 0 Å². The second kappa shape index (κ2) is 5.00. The highest BCUT2D eigenvalue weighted by Gasteiger charge is 2.46. The van der Waals surface area contributed by atoms with E-state index >= 15 is 0 Å². The molecule has 0 unspecified atom stereocenters. The fourth-order valence-electron chi connectivity index (χ4n) is 3.99. The molecule has 2 fully saturated rings. The van der Waals surface area contributed by atoms with Gasteiger partial charge in [0.05, 0.1) is 19.8 Å². The van der Waals surface area contributed by atoms with E-state index in [0.29, 0.717) is 11.8 Å². The Morgan fingerprint density at radius 1 is 1.10 bits per heavy atom. The van der Waals surface area contributed by atoms with Crippen LogP contribution in [0.4, 0.5) is 0 Å². The van der Waals surface area contributed by atoms with E-state index < -0.39 is 0 Å². The van der Waals surface area contributed by atoms with Crippen LogP contribution in [0.2, 0.25) is 0 Å². The molecule has 1 aromatic rings. The summed E-state index contributed by atoms with van der Waals surface area (Å²) in [5.74, 6) is 1.94. The largest absolute Gasteiger partial charge is 0.493 e. The normalized spacial score (nSPS) is 31.2. The van der Waals surface area contributed by atoms with E-state index in [0.717, 1.165) is 55.7 Å². The van der Waals surface area contributed by atoms with Gasteiger partial charge < -0.3 is 14.2 Å². The number of halogens is 1. The summed E-state index contributed by atoms with van der Waals surface area (Å²) in [7, 11) is 0. The summed E-state index contributed by atoms with van der Waals surface area (Å²) in [5, 5.41) is 0. The highest BCUT2D eigenvalue weighted by Crippen LogP contribution is 2.50.